The molecule has 1 aliphatic rings. The molecule has 0 heterocycles. The van der Waals surface area contributed by atoms with E-state index in [1.807, 2.05) is 0 Å². The van der Waals surface area contributed by atoms with Crippen LogP contribution in [0.4, 0.5) is 0 Å². The van der Waals surface area contributed by atoms with Crippen LogP contribution < -0.4 is 0 Å². The Balaban J connectivity index is 2.26. The van der Waals surface area contributed by atoms with E-state index in [1.165, 1.54) is 11.0 Å². The van der Waals surface area contributed by atoms with Crippen LogP contribution in [0, 0.1) is 0 Å². The molecule has 1 rings (SSSR count). The van der Waals surface area contributed by atoms with E-state index in [-0.39, 0.29) is 0 Å². The molecule has 1 aliphatic carbocycles. The van der Waals surface area contributed by atoms with E-state index < -0.39 is 0 Å². The van der Waals surface area contributed by atoms with Crippen LogP contribution >= 0.6 is 21.7 Å². The molecule has 0 bridgehead atoms. The molecule has 0 atom stereocenters. The monoisotopic (exact) mass is 164 g/mol. The fraction of sp³-hybridized carbons (Fsp3) is 0.833. The van der Waals surface area contributed by atoms with Crippen LogP contribution in [0.1, 0.15) is 25.7 Å². The Morgan fingerprint density at radius 1 is 1.44 bits per heavy atom. The topological polar surface area (TPSA) is 17.1 Å². The molecule has 0 saturated heterocycles. The Bertz CT molecular complexity index is 106. The lowest BCUT2D eigenvalue weighted by atomic mass is 9.99. The molecule has 0 spiro atoms. The number of Topliss-reactive ketones (excluding diaryl/α,β-unsaturated/α-hetero) is 1. The first-order valence-corrected chi connectivity index (χ1v) is 4.82. The van der Waals surface area contributed by atoms with Crippen molar-refractivity contribution in [2.45, 2.75) is 30.9 Å². The lowest BCUT2D eigenvalue weighted by Crippen LogP contribution is -2.14. The number of carbonyl (C=O) groups is 1. The third-order valence-electron chi connectivity index (χ3n) is 1.62. The molecule has 1 saturated carbocycles. The number of carbonyl (C=O) groups excluding carboxylic acids is 1. The number of hydrogen-bond acceptors (Lipinski definition) is 2. The molecular formula is C6H9ClOS. The minimum atomic E-state index is 0.400. The summed E-state index contributed by atoms with van der Waals surface area (Å²) < 4.78 is 0. The van der Waals surface area contributed by atoms with Crippen LogP contribution in [0.15, 0.2) is 0 Å². The summed E-state index contributed by atoms with van der Waals surface area (Å²) in [5.74, 6) is 0.400. The van der Waals surface area contributed by atoms with Gasteiger partial charge in [0.05, 0.1) is 0 Å². The van der Waals surface area contributed by atoms with Crippen molar-refractivity contribution in [3.05, 3.63) is 0 Å². The first-order chi connectivity index (χ1) is 4.33. The third kappa shape index (κ3) is 2.18. The van der Waals surface area contributed by atoms with Gasteiger partial charge in [0.25, 0.3) is 0 Å². The van der Waals surface area contributed by atoms with Crippen molar-refractivity contribution < 1.29 is 4.79 Å². The van der Waals surface area contributed by atoms with Gasteiger partial charge in [-0.05, 0) is 23.5 Å². The number of halogens is 1. The van der Waals surface area contributed by atoms with Crippen molar-refractivity contribution in [3.63, 3.8) is 0 Å². The summed E-state index contributed by atoms with van der Waals surface area (Å²) in [6.45, 7) is 0. The Hall–Kier alpha value is 0.310. The van der Waals surface area contributed by atoms with Gasteiger partial charge >= 0.3 is 0 Å². The van der Waals surface area contributed by atoms with E-state index in [4.69, 9.17) is 10.7 Å². The number of ketones is 1. The quantitative estimate of drug-likeness (QED) is 0.592. The standard InChI is InChI=1S/C6H9ClOS/c7-9-6-3-1-5(8)2-4-6/h6H,1-4H2. The molecule has 0 unspecified atom stereocenters. The van der Waals surface area contributed by atoms with E-state index in [0.717, 1.165) is 25.7 Å². The first kappa shape index (κ1) is 7.42. The molecule has 0 N–H and O–H groups in total. The summed E-state index contributed by atoms with van der Waals surface area (Å²) in [5.41, 5.74) is 0. The summed E-state index contributed by atoms with van der Waals surface area (Å²) in [6.07, 6.45) is 3.44. The van der Waals surface area contributed by atoms with Crippen LogP contribution in [-0.4, -0.2) is 11.0 Å². The van der Waals surface area contributed by atoms with E-state index >= 15 is 0 Å². The van der Waals surface area contributed by atoms with E-state index in [1.54, 1.807) is 0 Å². The molecular weight excluding hydrogens is 156 g/mol. The number of hydrogen-bond donors (Lipinski definition) is 0. The second-order valence-corrected chi connectivity index (χ2v) is 3.71. The van der Waals surface area contributed by atoms with Gasteiger partial charge in [0, 0.05) is 18.1 Å². The average molecular weight is 165 g/mol. The van der Waals surface area contributed by atoms with Crippen molar-refractivity contribution in [3.8, 4) is 0 Å². The van der Waals surface area contributed by atoms with E-state index in [2.05, 4.69) is 0 Å². The lowest BCUT2D eigenvalue weighted by Gasteiger charge is -2.16. The van der Waals surface area contributed by atoms with Crippen molar-refractivity contribution in [2.24, 2.45) is 0 Å². The smallest absolute Gasteiger partial charge is 0.132 e. The van der Waals surface area contributed by atoms with Crippen LogP contribution in [-0.2, 0) is 4.79 Å². The largest absolute Gasteiger partial charge is 0.300 e. The zero-order valence-electron chi connectivity index (χ0n) is 5.10. The van der Waals surface area contributed by atoms with E-state index in [9.17, 15) is 4.79 Å². The minimum absolute atomic E-state index is 0.400. The van der Waals surface area contributed by atoms with Crippen LogP contribution in [0.5, 0.6) is 0 Å². The van der Waals surface area contributed by atoms with E-state index in [0.29, 0.717) is 11.0 Å². The highest BCUT2D eigenvalue weighted by atomic mass is 35.7. The SMILES string of the molecule is O=C1CCC(SCl)CC1. The third-order valence-corrected chi connectivity index (χ3v) is 3.10. The Labute approximate surface area is 63.6 Å². The molecule has 0 aromatic rings. The Morgan fingerprint density at radius 3 is 2.44 bits per heavy atom. The summed E-state index contributed by atoms with van der Waals surface area (Å²) in [4.78, 5) is 10.7. The zero-order valence-corrected chi connectivity index (χ0v) is 6.67. The summed E-state index contributed by atoms with van der Waals surface area (Å²) in [7, 11) is 6.90. The molecule has 0 amide bonds. The van der Waals surface area contributed by atoms with Crippen molar-refractivity contribution >= 4 is 27.4 Å². The normalized spacial score (nSPS) is 22.6. The molecule has 0 aliphatic heterocycles. The zero-order chi connectivity index (χ0) is 6.69. The van der Waals surface area contributed by atoms with Gasteiger partial charge < -0.3 is 0 Å². The maximum absolute atomic E-state index is 10.7. The highest BCUT2D eigenvalue weighted by Crippen LogP contribution is 2.28. The fourth-order valence-corrected chi connectivity index (χ4v) is 1.95. The van der Waals surface area contributed by atoms with Gasteiger partial charge in [-0.3, -0.25) is 4.79 Å². The van der Waals surface area contributed by atoms with Crippen molar-refractivity contribution in [2.75, 3.05) is 0 Å². The summed E-state index contributed by atoms with van der Waals surface area (Å²) >= 11 is 0. The van der Waals surface area contributed by atoms with Gasteiger partial charge in [0.2, 0.25) is 0 Å². The minimum Gasteiger partial charge on any atom is -0.300 e. The Morgan fingerprint density at radius 2 is 2.00 bits per heavy atom. The molecule has 9 heavy (non-hydrogen) atoms. The maximum atomic E-state index is 10.7. The fourth-order valence-electron chi connectivity index (χ4n) is 1.00. The Kier molecular flexibility index (Phi) is 2.86. The summed E-state index contributed by atoms with van der Waals surface area (Å²) in [6, 6.07) is 0. The molecule has 52 valence electrons. The lowest BCUT2D eigenvalue weighted by molar-refractivity contribution is -0.120. The predicted molar refractivity (Wildman–Crippen MR) is 40.7 cm³/mol. The van der Waals surface area contributed by atoms with Crippen LogP contribution in [0.25, 0.3) is 0 Å². The van der Waals surface area contributed by atoms with Gasteiger partial charge in [0.15, 0.2) is 0 Å². The maximum Gasteiger partial charge on any atom is 0.132 e. The van der Waals surface area contributed by atoms with Gasteiger partial charge in [-0.15, -0.1) is 0 Å². The highest BCUT2D eigenvalue weighted by molar-refractivity contribution is 8.21. The number of rotatable bonds is 1. The van der Waals surface area contributed by atoms with Gasteiger partial charge in [-0.1, -0.05) is 11.0 Å². The van der Waals surface area contributed by atoms with Gasteiger partial charge in [-0.25, -0.2) is 0 Å². The second kappa shape index (κ2) is 3.47. The van der Waals surface area contributed by atoms with Crippen molar-refractivity contribution in [1.29, 1.82) is 0 Å². The second-order valence-electron chi connectivity index (χ2n) is 2.33. The summed E-state index contributed by atoms with van der Waals surface area (Å²) in [5, 5.41) is 0.532. The first-order valence-electron chi connectivity index (χ1n) is 3.12. The molecule has 1 fully saturated rings. The van der Waals surface area contributed by atoms with Gasteiger partial charge in [-0.2, -0.15) is 0 Å². The predicted octanol–water partition coefficient (Wildman–Crippen LogP) is 2.39. The molecule has 0 aromatic carbocycles. The van der Waals surface area contributed by atoms with Gasteiger partial charge in [0.1, 0.15) is 5.78 Å². The molecule has 0 aromatic heterocycles. The molecule has 3 heteroatoms. The van der Waals surface area contributed by atoms with Crippen LogP contribution in [0.3, 0.4) is 0 Å². The van der Waals surface area contributed by atoms with Crippen molar-refractivity contribution in [1.82, 2.24) is 0 Å². The highest BCUT2D eigenvalue weighted by Gasteiger charge is 2.17. The average Bonchev–Trinajstić information content (AvgIpc) is 1.90. The molecule has 1 nitrogen and oxygen atoms in total. The molecule has 0 radical (unpaired) electrons. The van der Waals surface area contributed by atoms with Crippen LogP contribution in [0.2, 0.25) is 0 Å².